The highest BCUT2D eigenvalue weighted by atomic mass is 16.5. The van der Waals surface area contributed by atoms with E-state index in [9.17, 15) is 4.79 Å². The predicted octanol–water partition coefficient (Wildman–Crippen LogP) is 3.78. The molecular formula is C16H22O2. The van der Waals surface area contributed by atoms with Gasteiger partial charge in [0.15, 0.2) is 0 Å². The number of benzene rings is 1. The van der Waals surface area contributed by atoms with Crippen molar-refractivity contribution in [2.45, 2.75) is 44.9 Å². The summed E-state index contributed by atoms with van der Waals surface area (Å²) in [6.45, 7) is 0. The minimum atomic E-state index is 0.368. The molecule has 0 saturated heterocycles. The first-order valence-electron chi connectivity index (χ1n) is 6.92. The van der Waals surface area contributed by atoms with Crippen molar-refractivity contribution in [1.82, 2.24) is 0 Å². The normalized spacial score (nSPS) is 15.8. The topological polar surface area (TPSA) is 26.3 Å². The van der Waals surface area contributed by atoms with E-state index in [1.54, 1.807) is 7.11 Å². The van der Waals surface area contributed by atoms with E-state index in [0.717, 1.165) is 30.1 Å². The van der Waals surface area contributed by atoms with Crippen LogP contribution in [0.5, 0.6) is 5.75 Å². The van der Waals surface area contributed by atoms with E-state index in [2.05, 4.69) is 0 Å². The average Bonchev–Trinajstić information content (AvgIpc) is 2.90. The second-order valence-corrected chi connectivity index (χ2v) is 5.25. The van der Waals surface area contributed by atoms with Crippen LogP contribution in [0.15, 0.2) is 24.3 Å². The number of hydrogen-bond donors (Lipinski definition) is 0. The third-order valence-corrected chi connectivity index (χ3v) is 3.87. The maximum Gasteiger partial charge on any atom is 0.137 e. The third-order valence-electron chi connectivity index (χ3n) is 3.87. The number of hydrogen-bond acceptors (Lipinski definition) is 2. The zero-order valence-electron chi connectivity index (χ0n) is 11.2. The second-order valence-electron chi connectivity index (χ2n) is 5.25. The van der Waals surface area contributed by atoms with Crippen molar-refractivity contribution in [2.75, 3.05) is 7.11 Å². The van der Waals surface area contributed by atoms with Crippen LogP contribution in [0, 0.1) is 5.92 Å². The van der Waals surface area contributed by atoms with Gasteiger partial charge in [0.2, 0.25) is 0 Å². The van der Waals surface area contributed by atoms with E-state index in [4.69, 9.17) is 4.74 Å². The summed E-state index contributed by atoms with van der Waals surface area (Å²) in [6, 6.07) is 7.79. The summed E-state index contributed by atoms with van der Waals surface area (Å²) in [5, 5.41) is 0. The minimum absolute atomic E-state index is 0.368. The highest BCUT2D eigenvalue weighted by Crippen LogP contribution is 2.28. The van der Waals surface area contributed by atoms with E-state index in [1.807, 2.05) is 24.3 Å². The summed E-state index contributed by atoms with van der Waals surface area (Å²) < 4.78 is 5.10. The Morgan fingerprint density at radius 2 is 1.89 bits per heavy atom. The molecule has 1 aliphatic carbocycles. The number of carbonyl (C=O) groups is 1. The smallest absolute Gasteiger partial charge is 0.137 e. The number of methoxy groups -OCH3 is 1. The van der Waals surface area contributed by atoms with Crippen molar-refractivity contribution in [1.29, 1.82) is 0 Å². The second kappa shape index (κ2) is 6.58. The van der Waals surface area contributed by atoms with E-state index in [0.29, 0.717) is 12.2 Å². The molecule has 2 rings (SSSR count). The minimum Gasteiger partial charge on any atom is -0.497 e. The fourth-order valence-electron chi connectivity index (χ4n) is 2.72. The van der Waals surface area contributed by atoms with Gasteiger partial charge in [0.25, 0.3) is 0 Å². The summed E-state index contributed by atoms with van der Waals surface area (Å²) in [4.78, 5) is 11.9. The van der Waals surface area contributed by atoms with Gasteiger partial charge in [-0.2, -0.15) is 0 Å². The molecule has 0 atom stereocenters. The van der Waals surface area contributed by atoms with Gasteiger partial charge in [-0.15, -0.1) is 0 Å². The Morgan fingerprint density at radius 3 is 2.50 bits per heavy atom. The van der Waals surface area contributed by atoms with E-state index < -0.39 is 0 Å². The fourth-order valence-corrected chi connectivity index (χ4v) is 2.72. The number of carbonyl (C=O) groups excluding carboxylic acids is 1. The van der Waals surface area contributed by atoms with Crippen LogP contribution in [0.3, 0.4) is 0 Å². The molecule has 0 spiro atoms. The SMILES string of the molecule is COc1ccc(CC(=O)CCC2CCCC2)cc1. The number of Topliss-reactive ketones (excluding diaryl/α,β-unsaturated/α-hetero) is 1. The van der Waals surface area contributed by atoms with Crippen molar-refractivity contribution in [3.8, 4) is 5.75 Å². The van der Waals surface area contributed by atoms with Crippen molar-refractivity contribution < 1.29 is 9.53 Å². The van der Waals surface area contributed by atoms with Crippen LogP contribution >= 0.6 is 0 Å². The third kappa shape index (κ3) is 3.86. The molecule has 0 amide bonds. The molecule has 0 unspecified atom stereocenters. The van der Waals surface area contributed by atoms with Crippen LogP contribution in [-0.2, 0) is 11.2 Å². The summed E-state index contributed by atoms with van der Waals surface area (Å²) in [7, 11) is 1.65. The Labute approximate surface area is 109 Å². The van der Waals surface area contributed by atoms with Gasteiger partial charge in [-0.3, -0.25) is 4.79 Å². The first kappa shape index (κ1) is 13.1. The van der Waals surface area contributed by atoms with Crippen LogP contribution in [0.1, 0.15) is 44.1 Å². The summed E-state index contributed by atoms with van der Waals surface area (Å²) in [5.41, 5.74) is 1.09. The zero-order chi connectivity index (χ0) is 12.8. The standard InChI is InChI=1S/C16H22O2/c1-18-16-10-7-14(8-11-16)12-15(17)9-6-13-4-2-3-5-13/h7-8,10-11,13H,2-6,9,12H2,1H3. The van der Waals surface area contributed by atoms with Gasteiger partial charge in [0.05, 0.1) is 7.11 Å². The lowest BCUT2D eigenvalue weighted by atomic mass is 9.98. The summed E-state index contributed by atoms with van der Waals surface area (Å²) >= 11 is 0. The van der Waals surface area contributed by atoms with E-state index in [-0.39, 0.29) is 0 Å². The van der Waals surface area contributed by atoms with Crippen molar-refractivity contribution in [2.24, 2.45) is 5.92 Å². The average molecular weight is 246 g/mol. The largest absolute Gasteiger partial charge is 0.497 e. The highest BCUT2D eigenvalue weighted by molar-refractivity contribution is 5.80. The maximum atomic E-state index is 11.9. The van der Waals surface area contributed by atoms with E-state index >= 15 is 0 Å². The molecule has 2 nitrogen and oxygen atoms in total. The predicted molar refractivity (Wildman–Crippen MR) is 72.9 cm³/mol. The molecular weight excluding hydrogens is 224 g/mol. The van der Waals surface area contributed by atoms with Crippen molar-refractivity contribution >= 4 is 5.78 Å². The lowest BCUT2D eigenvalue weighted by Crippen LogP contribution is -2.05. The highest BCUT2D eigenvalue weighted by Gasteiger charge is 2.16. The van der Waals surface area contributed by atoms with Gasteiger partial charge >= 0.3 is 0 Å². The number of ketones is 1. The molecule has 0 radical (unpaired) electrons. The summed E-state index contributed by atoms with van der Waals surface area (Å²) in [5.74, 6) is 2.02. The maximum absolute atomic E-state index is 11.9. The quantitative estimate of drug-likeness (QED) is 0.763. The molecule has 0 heterocycles. The molecule has 2 heteroatoms. The van der Waals surface area contributed by atoms with Gasteiger partial charge in [-0.1, -0.05) is 37.8 Å². The van der Waals surface area contributed by atoms with Gasteiger partial charge in [-0.05, 0) is 30.0 Å². The Morgan fingerprint density at radius 1 is 1.22 bits per heavy atom. The van der Waals surface area contributed by atoms with Crippen LogP contribution in [-0.4, -0.2) is 12.9 Å². The van der Waals surface area contributed by atoms with Crippen molar-refractivity contribution in [3.63, 3.8) is 0 Å². The van der Waals surface area contributed by atoms with Crippen LogP contribution in [0.4, 0.5) is 0 Å². The molecule has 0 aromatic heterocycles. The molecule has 1 aromatic carbocycles. The van der Waals surface area contributed by atoms with Crippen LogP contribution in [0.25, 0.3) is 0 Å². The first-order valence-corrected chi connectivity index (χ1v) is 6.92. The number of ether oxygens (including phenoxy) is 1. The fraction of sp³-hybridized carbons (Fsp3) is 0.562. The molecule has 0 N–H and O–H groups in total. The molecule has 1 saturated carbocycles. The van der Waals surface area contributed by atoms with Gasteiger partial charge in [0.1, 0.15) is 11.5 Å². The first-order chi connectivity index (χ1) is 8.78. The molecule has 18 heavy (non-hydrogen) atoms. The van der Waals surface area contributed by atoms with Gasteiger partial charge < -0.3 is 4.74 Å². The van der Waals surface area contributed by atoms with Crippen molar-refractivity contribution in [3.05, 3.63) is 29.8 Å². The Hall–Kier alpha value is -1.31. The zero-order valence-corrected chi connectivity index (χ0v) is 11.2. The molecule has 1 aliphatic rings. The van der Waals surface area contributed by atoms with E-state index in [1.165, 1.54) is 25.7 Å². The van der Waals surface area contributed by atoms with Gasteiger partial charge in [-0.25, -0.2) is 0 Å². The summed E-state index contributed by atoms with van der Waals surface area (Å²) in [6.07, 6.45) is 7.78. The Kier molecular flexibility index (Phi) is 4.80. The molecule has 0 aliphatic heterocycles. The molecule has 98 valence electrons. The van der Waals surface area contributed by atoms with Crippen LogP contribution in [0.2, 0.25) is 0 Å². The molecule has 1 aromatic rings. The Balaban J connectivity index is 1.75. The number of rotatable bonds is 6. The molecule has 0 bridgehead atoms. The monoisotopic (exact) mass is 246 g/mol. The lowest BCUT2D eigenvalue weighted by molar-refractivity contribution is -0.118. The Bertz CT molecular complexity index is 375. The molecule has 1 fully saturated rings. The van der Waals surface area contributed by atoms with Gasteiger partial charge in [0, 0.05) is 12.8 Å². The van der Waals surface area contributed by atoms with Crippen LogP contribution < -0.4 is 4.74 Å². The lowest BCUT2D eigenvalue weighted by Gasteiger charge is -2.08.